The van der Waals surface area contributed by atoms with Gasteiger partial charge in [-0.3, -0.25) is 4.90 Å². The van der Waals surface area contributed by atoms with Crippen molar-refractivity contribution in [1.29, 1.82) is 0 Å². The van der Waals surface area contributed by atoms with Gasteiger partial charge in [-0.2, -0.15) is 10.9 Å². The van der Waals surface area contributed by atoms with Crippen molar-refractivity contribution in [2.24, 2.45) is 0 Å². The Kier molecular flexibility index (Phi) is 10.1. The largest absolute Gasteiger partial charge is 0.299 e. The Balaban J connectivity index is 1.46. The van der Waals surface area contributed by atoms with Gasteiger partial charge in [0, 0.05) is 6.54 Å². The molecule has 3 rings (SSSR count). The van der Waals surface area contributed by atoms with Crippen molar-refractivity contribution >= 4 is 10.9 Å². The molecule has 1 atom stereocenters. The molecule has 1 aromatic carbocycles. The van der Waals surface area contributed by atoms with Gasteiger partial charge < -0.3 is 0 Å². The van der Waals surface area contributed by atoms with Crippen LogP contribution >= 0.6 is 10.9 Å². The first-order valence-corrected chi connectivity index (χ1v) is 13.8. The molecular formula is C30H42NS. The summed E-state index contributed by atoms with van der Waals surface area (Å²) < 4.78 is 0. The zero-order chi connectivity index (χ0) is 22.8. The molecule has 1 nitrogen and oxygen atoms in total. The van der Waals surface area contributed by atoms with Gasteiger partial charge >= 0.3 is 0 Å². The molecule has 2 aliphatic rings. The lowest BCUT2D eigenvalue weighted by Gasteiger charge is -2.19. The number of allylic oxidation sites excluding steroid dienone is 9. The summed E-state index contributed by atoms with van der Waals surface area (Å²) in [6, 6.07) is 9.39. The van der Waals surface area contributed by atoms with Crippen molar-refractivity contribution < 1.29 is 0 Å². The van der Waals surface area contributed by atoms with Crippen molar-refractivity contribution in [2.75, 3.05) is 13.1 Å². The lowest BCUT2D eigenvalue weighted by atomic mass is 10.1. The topological polar surface area (TPSA) is 3.24 Å². The van der Waals surface area contributed by atoms with Crippen molar-refractivity contribution in [3.05, 3.63) is 87.2 Å². The van der Waals surface area contributed by atoms with E-state index in [1.165, 1.54) is 70.9 Å². The highest BCUT2D eigenvalue weighted by molar-refractivity contribution is 8.23. The summed E-state index contributed by atoms with van der Waals surface area (Å²) in [6.07, 6.45) is 21.3. The lowest BCUT2D eigenvalue weighted by molar-refractivity contribution is 0.331. The Hall–Kier alpha value is -1.77. The fraction of sp³-hybridized carbons (Fsp3) is 0.467. The lowest BCUT2D eigenvalue weighted by Crippen LogP contribution is -2.18. The van der Waals surface area contributed by atoms with Gasteiger partial charge in [0.2, 0.25) is 0 Å². The highest BCUT2D eigenvalue weighted by Gasteiger charge is 2.14. The van der Waals surface area contributed by atoms with E-state index in [1.54, 1.807) is 0 Å². The van der Waals surface area contributed by atoms with Crippen LogP contribution in [-0.2, 0) is 6.54 Å². The van der Waals surface area contributed by atoms with E-state index < -0.39 is 0 Å². The van der Waals surface area contributed by atoms with Crippen molar-refractivity contribution in [3.63, 3.8) is 0 Å². The third-order valence-electron chi connectivity index (χ3n) is 6.35. The predicted molar refractivity (Wildman–Crippen MR) is 144 cm³/mol. The summed E-state index contributed by atoms with van der Waals surface area (Å²) >= 11 is 0. The van der Waals surface area contributed by atoms with Crippen LogP contribution in [0.25, 0.3) is 0 Å². The van der Waals surface area contributed by atoms with Gasteiger partial charge in [-0.15, -0.1) is 0 Å². The van der Waals surface area contributed by atoms with Crippen LogP contribution in [0.1, 0.15) is 78.2 Å². The highest BCUT2D eigenvalue weighted by atomic mass is 32.2. The molecule has 1 saturated heterocycles. The van der Waals surface area contributed by atoms with Crippen LogP contribution < -0.4 is 0 Å². The van der Waals surface area contributed by atoms with Crippen LogP contribution in [0.4, 0.5) is 0 Å². The maximum absolute atomic E-state index is 3.54. The molecule has 1 radical (unpaired) electrons. The molecule has 2 heterocycles. The maximum Gasteiger partial charge on any atom is 0.0233 e. The minimum atomic E-state index is -0.348. The van der Waals surface area contributed by atoms with Crippen LogP contribution in [0.2, 0.25) is 0 Å². The van der Waals surface area contributed by atoms with Crippen LogP contribution in [0, 0.1) is 6.08 Å². The van der Waals surface area contributed by atoms with Crippen molar-refractivity contribution in [1.82, 2.24) is 4.90 Å². The van der Waals surface area contributed by atoms with E-state index in [9.17, 15) is 0 Å². The van der Waals surface area contributed by atoms with E-state index in [1.807, 2.05) is 0 Å². The zero-order valence-corrected chi connectivity index (χ0v) is 21.6. The van der Waals surface area contributed by atoms with Crippen LogP contribution in [-0.4, -0.2) is 18.0 Å². The quantitative estimate of drug-likeness (QED) is 0.262. The second-order valence-corrected chi connectivity index (χ2v) is 11.7. The third kappa shape index (κ3) is 8.30. The molecule has 173 valence electrons. The normalized spacial score (nSPS) is 20.6. The van der Waals surface area contributed by atoms with E-state index in [2.05, 4.69) is 92.6 Å². The smallest absolute Gasteiger partial charge is 0.0233 e. The molecular weight excluding hydrogens is 406 g/mol. The average molecular weight is 449 g/mol. The Morgan fingerprint density at radius 2 is 1.56 bits per heavy atom. The predicted octanol–water partition coefficient (Wildman–Crippen LogP) is 8.67. The number of benzene rings is 1. The fourth-order valence-electron chi connectivity index (χ4n) is 4.34. The van der Waals surface area contributed by atoms with Gasteiger partial charge in [0.25, 0.3) is 0 Å². The number of rotatable bonds is 11. The first-order valence-electron chi connectivity index (χ1n) is 12.4. The van der Waals surface area contributed by atoms with Crippen LogP contribution in [0.15, 0.2) is 80.5 Å². The van der Waals surface area contributed by atoms with Gasteiger partial charge in [-0.05, 0) is 131 Å². The Morgan fingerprint density at radius 1 is 0.906 bits per heavy atom. The number of nitrogens with zero attached hydrogens (tertiary/aromatic N) is 1. The fourth-order valence-corrected chi connectivity index (χ4v) is 6.20. The zero-order valence-electron chi connectivity index (χ0n) is 20.7. The summed E-state index contributed by atoms with van der Waals surface area (Å²) in [5.74, 6) is 0. The van der Waals surface area contributed by atoms with Crippen LogP contribution in [0.3, 0.4) is 0 Å². The minimum absolute atomic E-state index is 0.348. The van der Waals surface area contributed by atoms with Gasteiger partial charge in [0.1, 0.15) is 0 Å². The van der Waals surface area contributed by atoms with E-state index in [4.69, 9.17) is 0 Å². The first-order chi connectivity index (χ1) is 15.5. The van der Waals surface area contributed by atoms with Crippen LogP contribution in [0.5, 0.6) is 0 Å². The van der Waals surface area contributed by atoms with Gasteiger partial charge in [0.05, 0.1) is 0 Å². The van der Waals surface area contributed by atoms with Gasteiger partial charge in [-0.25, -0.2) is 0 Å². The van der Waals surface area contributed by atoms with Gasteiger partial charge in [-0.1, -0.05) is 47.1 Å². The molecule has 2 aliphatic heterocycles. The monoisotopic (exact) mass is 448 g/mol. The Labute approximate surface area is 200 Å². The summed E-state index contributed by atoms with van der Waals surface area (Å²) in [7, 11) is -0.348. The molecule has 0 bridgehead atoms. The molecule has 2 heteroatoms. The molecule has 32 heavy (non-hydrogen) atoms. The second-order valence-electron chi connectivity index (χ2n) is 9.59. The number of hydrogen-bond acceptors (Lipinski definition) is 1. The van der Waals surface area contributed by atoms with Crippen molar-refractivity contribution in [3.8, 4) is 0 Å². The SMILES string of the molecule is CC(C)=CCC/C(C)=C/CC/C(C)=C/CC1=[C]C=C[SH]1c1ccc(CN2CCCC2)cc1. The molecule has 1 fully saturated rings. The van der Waals surface area contributed by atoms with Gasteiger partial charge in [0.15, 0.2) is 0 Å². The summed E-state index contributed by atoms with van der Waals surface area (Å²) in [5.41, 5.74) is 5.88. The molecule has 1 unspecified atom stereocenters. The molecule has 1 aromatic rings. The molecule has 0 aliphatic carbocycles. The molecule has 0 amide bonds. The number of hydrogen-bond donors (Lipinski definition) is 1. The minimum Gasteiger partial charge on any atom is -0.299 e. The highest BCUT2D eigenvalue weighted by Crippen LogP contribution is 2.49. The summed E-state index contributed by atoms with van der Waals surface area (Å²) in [5, 5.41) is 2.36. The average Bonchev–Trinajstić information content (AvgIpc) is 3.44. The summed E-state index contributed by atoms with van der Waals surface area (Å²) in [6.45, 7) is 12.5. The van der Waals surface area contributed by atoms with E-state index >= 15 is 0 Å². The number of thiol groups is 1. The van der Waals surface area contributed by atoms with E-state index in [0.717, 1.165) is 25.8 Å². The molecule has 0 aromatic heterocycles. The second kappa shape index (κ2) is 13.1. The Morgan fingerprint density at radius 3 is 2.25 bits per heavy atom. The first kappa shape index (κ1) is 24.9. The summed E-state index contributed by atoms with van der Waals surface area (Å²) in [4.78, 5) is 5.49. The molecule has 0 N–H and O–H groups in total. The third-order valence-corrected chi connectivity index (χ3v) is 8.55. The van der Waals surface area contributed by atoms with E-state index in [0.29, 0.717) is 0 Å². The molecule has 0 saturated carbocycles. The van der Waals surface area contributed by atoms with Crippen molar-refractivity contribution in [2.45, 2.75) is 84.1 Å². The maximum atomic E-state index is 3.54. The van der Waals surface area contributed by atoms with E-state index in [-0.39, 0.29) is 10.9 Å². The number of likely N-dealkylation sites (tertiary alicyclic amines) is 1. The standard InChI is InChI=1S/C30H42NS/c1-25(2)10-7-11-26(3)12-8-13-27(4)15-18-29-14-9-23-32(29)30-19-16-28(17-20-30)24-31-21-5-6-22-31/h9-10,12,15-17,19-20,23,32H,5-8,11,13,18,21-22,24H2,1-4H3/b26-12+,27-15+. The Bertz CT molecular complexity index is 872. The molecule has 0 spiro atoms.